The largest absolute Gasteiger partial charge is 0.478 e. The van der Waals surface area contributed by atoms with Crippen LogP contribution in [0.4, 0.5) is 5.82 Å². The Bertz CT molecular complexity index is 962. The number of aromatic nitrogens is 2. The quantitative estimate of drug-likeness (QED) is 0.786. The number of fused-ring (bicyclic) bond motifs is 1. The van der Waals surface area contributed by atoms with Crippen molar-refractivity contribution in [2.45, 2.75) is 19.5 Å². The number of aryl methyl sites for hydroxylation is 1. The molecule has 1 aliphatic heterocycles. The first-order valence-electron chi connectivity index (χ1n) is 8.38. The molecule has 2 aromatic carbocycles. The van der Waals surface area contributed by atoms with E-state index < -0.39 is 5.97 Å². The second kappa shape index (κ2) is 6.48. The van der Waals surface area contributed by atoms with Crippen molar-refractivity contribution in [2.75, 3.05) is 4.90 Å². The van der Waals surface area contributed by atoms with Gasteiger partial charge in [0.2, 0.25) is 5.91 Å². The molecule has 0 saturated heterocycles. The smallest absolute Gasteiger partial charge is 0.335 e. The maximum Gasteiger partial charge on any atom is 0.335 e. The van der Waals surface area contributed by atoms with Gasteiger partial charge in [0.1, 0.15) is 5.82 Å². The Hall–Kier alpha value is -3.41. The summed E-state index contributed by atoms with van der Waals surface area (Å²) >= 11 is 0. The molecule has 26 heavy (non-hydrogen) atoms. The number of hydrogen-bond donors (Lipinski definition) is 1. The lowest BCUT2D eigenvalue weighted by Gasteiger charge is -2.27. The van der Waals surface area contributed by atoms with Gasteiger partial charge < -0.3 is 5.11 Å². The van der Waals surface area contributed by atoms with Crippen molar-refractivity contribution in [3.05, 3.63) is 71.8 Å². The maximum absolute atomic E-state index is 12.5. The molecular formula is C20H17N3O3. The van der Waals surface area contributed by atoms with Gasteiger partial charge in [-0.15, -0.1) is 0 Å². The fourth-order valence-electron chi connectivity index (χ4n) is 3.11. The van der Waals surface area contributed by atoms with E-state index in [0.717, 1.165) is 22.6 Å². The molecule has 0 atom stereocenters. The van der Waals surface area contributed by atoms with E-state index in [1.165, 1.54) is 0 Å². The number of nitrogens with zero attached hydrogens (tertiary/aromatic N) is 3. The summed E-state index contributed by atoms with van der Waals surface area (Å²) in [6, 6.07) is 18.4. The van der Waals surface area contributed by atoms with Crippen molar-refractivity contribution in [1.82, 2.24) is 9.78 Å². The lowest BCUT2D eigenvalue weighted by Crippen LogP contribution is -2.36. The number of carboxylic acids is 1. The minimum Gasteiger partial charge on any atom is -0.478 e. The Morgan fingerprint density at radius 3 is 2.50 bits per heavy atom. The SMILES string of the molecule is O=C(O)c1ccc(CN2C(=O)CCn3nc(-c4ccccc4)cc32)cc1. The first kappa shape index (κ1) is 16.1. The molecule has 130 valence electrons. The molecule has 0 spiro atoms. The van der Waals surface area contributed by atoms with Gasteiger partial charge in [0.05, 0.1) is 24.3 Å². The number of carbonyl (C=O) groups excluding carboxylic acids is 1. The van der Waals surface area contributed by atoms with Gasteiger partial charge in [0, 0.05) is 18.1 Å². The third-order valence-corrected chi connectivity index (χ3v) is 4.48. The summed E-state index contributed by atoms with van der Waals surface area (Å²) in [6.45, 7) is 0.952. The van der Waals surface area contributed by atoms with Crippen LogP contribution in [-0.4, -0.2) is 26.8 Å². The Morgan fingerprint density at radius 1 is 1.08 bits per heavy atom. The van der Waals surface area contributed by atoms with E-state index in [9.17, 15) is 9.59 Å². The zero-order chi connectivity index (χ0) is 18.1. The van der Waals surface area contributed by atoms with Crippen LogP contribution in [-0.2, 0) is 17.9 Å². The molecule has 6 nitrogen and oxygen atoms in total. The molecule has 0 saturated carbocycles. The van der Waals surface area contributed by atoms with Gasteiger partial charge in [0.15, 0.2) is 0 Å². The zero-order valence-corrected chi connectivity index (χ0v) is 14.0. The summed E-state index contributed by atoms with van der Waals surface area (Å²) < 4.78 is 1.86. The van der Waals surface area contributed by atoms with Crippen LogP contribution < -0.4 is 4.90 Å². The Labute approximate surface area is 150 Å². The summed E-state index contributed by atoms with van der Waals surface area (Å²) in [4.78, 5) is 25.2. The number of rotatable bonds is 4. The van der Waals surface area contributed by atoms with Gasteiger partial charge in [-0.2, -0.15) is 5.10 Å². The van der Waals surface area contributed by atoms with Crippen LogP contribution in [0.3, 0.4) is 0 Å². The Kier molecular flexibility index (Phi) is 4.01. The molecule has 0 bridgehead atoms. The first-order chi connectivity index (χ1) is 12.6. The van der Waals surface area contributed by atoms with Gasteiger partial charge >= 0.3 is 5.97 Å². The first-order valence-corrected chi connectivity index (χ1v) is 8.38. The predicted molar refractivity (Wildman–Crippen MR) is 96.9 cm³/mol. The molecule has 3 aromatic rings. The Balaban J connectivity index is 1.64. The van der Waals surface area contributed by atoms with Crippen molar-refractivity contribution < 1.29 is 14.7 Å². The molecule has 6 heteroatoms. The highest BCUT2D eigenvalue weighted by atomic mass is 16.4. The van der Waals surface area contributed by atoms with Crippen LogP contribution in [0.25, 0.3) is 11.3 Å². The number of carboxylic acid groups (broad SMARTS) is 1. The van der Waals surface area contributed by atoms with Gasteiger partial charge in [-0.25, -0.2) is 9.48 Å². The number of hydrogen-bond acceptors (Lipinski definition) is 3. The van der Waals surface area contributed by atoms with Crippen LogP contribution in [0, 0.1) is 0 Å². The molecule has 0 aliphatic carbocycles. The number of carbonyl (C=O) groups is 2. The summed E-state index contributed by atoms with van der Waals surface area (Å²) in [6.07, 6.45) is 0.399. The zero-order valence-electron chi connectivity index (χ0n) is 14.0. The van der Waals surface area contributed by atoms with Gasteiger partial charge in [-0.3, -0.25) is 9.69 Å². The average Bonchev–Trinajstić information content (AvgIpc) is 3.10. The minimum absolute atomic E-state index is 0.0410. The molecular weight excluding hydrogens is 330 g/mol. The molecule has 2 heterocycles. The number of aromatic carboxylic acids is 1. The minimum atomic E-state index is -0.962. The standard InChI is InChI=1S/C20H17N3O3/c24-19-10-11-23-18(12-17(21-23)15-4-2-1-3-5-15)22(19)13-14-6-8-16(9-7-14)20(25)26/h1-9,12H,10-11,13H2,(H,25,26). The molecule has 0 fully saturated rings. The van der Waals surface area contributed by atoms with E-state index >= 15 is 0 Å². The molecule has 4 rings (SSSR count). The van der Waals surface area contributed by atoms with E-state index in [0.29, 0.717) is 19.5 Å². The Morgan fingerprint density at radius 2 is 1.81 bits per heavy atom. The molecule has 1 amide bonds. The molecule has 1 aromatic heterocycles. The number of anilines is 1. The van der Waals surface area contributed by atoms with Crippen LogP contribution in [0.5, 0.6) is 0 Å². The van der Waals surface area contributed by atoms with Crippen LogP contribution in [0.1, 0.15) is 22.3 Å². The molecule has 0 unspecified atom stereocenters. The third kappa shape index (κ3) is 2.97. The van der Waals surface area contributed by atoms with Crippen molar-refractivity contribution in [2.24, 2.45) is 0 Å². The molecule has 1 N–H and O–H groups in total. The molecule has 0 radical (unpaired) electrons. The summed E-state index contributed by atoms with van der Waals surface area (Å²) in [5.41, 5.74) is 2.95. The van der Waals surface area contributed by atoms with Crippen molar-refractivity contribution in [3.8, 4) is 11.3 Å². The van der Waals surface area contributed by atoms with E-state index in [2.05, 4.69) is 5.10 Å². The second-order valence-corrected chi connectivity index (χ2v) is 6.21. The topological polar surface area (TPSA) is 75.4 Å². The van der Waals surface area contributed by atoms with Crippen LogP contribution in [0.2, 0.25) is 0 Å². The summed E-state index contributed by atoms with van der Waals surface area (Å²) in [5, 5.41) is 13.6. The van der Waals surface area contributed by atoms with E-state index in [4.69, 9.17) is 5.11 Å². The van der Waals surface area contributed by atoms with E-state index in [-0.39, 0.29) is 11.5 Å². The normalized spacial score (nSPS) is 13.5. The monoisotopic (exact) mass is 347 g/mol. The van der Waals surface area contributed by atoms with Gasteiger partial charge in [-0.05, 0) is 17.7 Å². The number of amides is 1. The van der Waals surface area contributed by atoms with Crippen molar-refractivity contribution >= 4 is 17.7 Å². The lowest BCUT2D eigenvalue weighted by atomic mass is 10.1. The fourth-order valence-corrected chi connectivity index (χ4v) is 3.11. The van der Waals surface area contributed by atoms with E-state index in [1.807, 2.05) is 41.1 Å². The van der Waals surface area contributed by atoms with Gasteiger partial charge in [0.25, 0.3) is 0 Å². The van der Waals surface area contributed by atoms with Crippen molar-refractivity contribution in [1.29, 1.82) is 0 Å². The summed E-state index contributed by atoms with van der Waals surface area (Å²) in [5.74, 6) is -0.155. The van der Waals surface area contributed by atoms with Crippen molar-refractivity contribution in [3.63, 3.8) is 0 Å². The maximum atomic E-state index is 12.5. The average molecular weight is 347 g/mol. The fraction of sp³-hybridized carbons (Fsp3) is 0.150. The van der Waals surface area contributed by atoms with Crippen LogP contribution in [0.15, 0.2) is 60.7 Å². The highest BCUT2D eigenvalue weighted by Gasteiger charge is 2.26. The summed E-state index contributed by atoms with van der Waals surface area (Å²) in [7, 11) is 0. The highest BCUT2D eigenvalue weighted by molar-refractivity contribution is 5.94. The number of benzene rings is 2. The van der Waals surface area contributed by atoms with Crippen LogP contribution >= 0.6 is 0 Å². The predicted octanol–water partition coefficient (Wildman–Crippen LogP) is 3.19. The molecule has 1 aliphatic rings. The van der Waals surface area contributed by atoms with E-state index in [1.54, 1.807) is 29.2 Å². The second-order valence-electron chi connectivity index (χ2n) is 6.21. The third-order valence-electron chi connectivity index (χ3n) is 4.48. The lowest BCUT2D eigenvalue weighted by molar-refractivity contribution is -0.119. The highest BCUT2D eigenvalue weighted by Crippen LogP contribution is 2.29. The van der Waals surface area contributed by atoms with Gasteiger partial charge in [-0.1, -0.05) is 42.5 Å².